The van der Waals surface area contributed by atoms with Crippen LogP contribution in [0, 0.1) is 0 Å². The Morgan fingerprint density at radius 1 is 1.00 bits per heavy atom. The highest BCUT2D eigenvalue weighted by molar-refractivity contribution is 6.05. The Hall–Kier alpha value is -4.68. The molecule has 2 aliphatic heterocycles. The lowest BCUT2D eigenvalue weighted by Crippen LogP contribution is -2.58. The molecule has 3 fully saturated rings. The lowest BCUT2D eigenvalue weighted by Gasteiger charge is -2.39. The van der Waals surface area contributed by atoms with Crippen LogP contribution in [0.5, 0.6) is 11.6 Å². The van der Waals surface area contributed by atoms with E-state index in [1.165, 1.54) is 22.8 Å². The van der Waals surface area contributed by atoms with Gasteiger partial charge in [-0.2, -0.15) is 13.8 Å². The highest BCUT2D eigenvalue weighted by Crippen LogP contribution is 2.36. The van der Waals surface area contributed by atoms with E-state index in [2.05, 4.69) is 20.4 Å². The molecule has 0 radical (unpaired) electrons. The molecule has 2 aromatic heterocycles. The number of rotatable bonds is 12. The number of nitrogens with zero attached hydrogens (tertiary/aromatic N) is 3. The first-order chi connectivity index (χ1) is 24.3. The van der Waals surface area contributed by atoms with Crippen LogP contribution in [0.4, 0.5) is 32.2 Å². The number of carbonyl (C=O) groups excluding carboxylic acids is 2. The van der Waals surface area contributed by atoms with Crippen LogP contribution in [0.25, 0.3) is 11.1 Å². The fourth-order valence-electron chi connectivity index (χ4n) is 5.27. The van der Waals surface area contributed by atoms with E-state index in [1.54, 1.807) is 13.2 Å². The highest BCUT2D eigenvalue weighted by atomic mass is 19.3. The average molecular weight is 728 g/mol. The third-order valence-electron chi connectivity index (χ3n) is 7.70. The molecule has 0 spiro atoms. The van der Waals surface area contributed by atoms with E-state index < -0.39 is 67.7 Å². The van der Waals surface area contributed by atoms with Gasteiger partial charge in [-0.15, -0.1) is 0 Å². The molecule has 1 aliphatic carbocycles. The molecule has 0 bridgehead atoms. The minimum absolute atomic E-state index is 0.0104. The Balaban J connectivity index is 0.000000761. The smallest absolute Gasteiger partial charge is 0.387 e. The quantitative estimate of drug-likeness (QED) is 0.257. The molecule has 0 unspecified atom stereocenters. The van der Waals surface area contributed by atoms with E-state index in [1.807, 2.05) is 0 Å². The summed E-state index contributed by atoms with van der Waals surface area (Å²) < 4.78 is 99.8. The van der Waals surface area contributed by atoms with Crippen molar-refractivity contribution in [2.24, 2.45) is 0 Å². The lowest BCUT2D eigenvalue weighted by atomic mass is 9.97. The molecule has 0 atom stereocenters. The largest absolute Gasteiger partial charge is 0.472 e. The number of ether oxygens (including phenoxy) is 4. The van der Waals surface area contributed by atoms with Crippen LogP contribution in [-0.4, -0.2) is 98.4 Å². The maximum atomic E-state index is 13.6. The number of likely N-dealkylation sites (tertiary alicyclic amines) is 1. The van der Waals surface area contributed by atoms with Crippen LogP contribution in [-0.2, 0) is 16.0 Å². The van der Waals surface area contributed by atoms with Crippen LogP contribution in [0.3, 0.4) is 0 Å². The summed E-state index contributed by atoms with van der Waals surface area (Å²) in [5.41, 5.74) is -0.400. The van der Waals surface area contributed by atoms with E-state index in [4.69, 9.17) is 14.2 Å². The van der Waals surface area contributed by atoms with Gasteiger partial charge in [0.2, 0.25) is 5.88 Å². The van der Waals surface area contributed by atoms with Crippen LogP contribution < -0.4 is 25.7 Å². The Labute approximate surface area is 287 Å². The molecule has 51 heavy (non-hydrogen) atoms. The molecule has 3 aliphatic rings. The summed E-state index contributed by atoms with van der Waals surface area (Å²) in [6.45, 7) is -2.68. The standard InChI is InChI=1S/C29H27F6N5O5.C4H8O2/c1-36-10-15-6-21(27(43)40(11-15)17-2-3-17)25(41)38-23-7-16(8-24(37-23)44-12-22(30)31)19-5-4-18(45-28(32)33)9-20(19)26(42)39-13-29(34,35)14-39;1-2-6-4-3-5-1/h4-9,11,17,22,28,36H,2-3,10,12-14H2,1H3,(H,37,38,41);1-4H2. The van der Waals surface area contributed by atoms with E-state index in [-0.39, 0.29) is 34.1 Å². The summed E-state index contributed by atoms with van der Waals surface area (Å²) in [6, 6.07) is 6.96. The van der Waals surface area contributed by atoms with E-state index in [0.717, 1.165) is 62.4 Å². The van der Waals surface area contributed by atoms with Crippen molar-refractivity contribution < 1.29 is 54.9 Å². The zero-order valence-electron chi connectivity index (χ0n) is 27.3. The highest BCUT2D eigenvalue weighted by Gasteiger charge is 2.46. The van der Waals surface area contributed by atoms with E-state index in [9.17, 15) is 40.7 Å². The van der Waals surface area contributed by atoms with Gasteiger partial charge in [-0.1, -0.05) is 0 Å². The molecule has 2 saturated heterocycles. The molecule has 18 heteroatoms. The topological polar surface area (TPSA) is 133 Å². The number of hydrogen-bond acceptors (Lipinski definition) is 9. The van der Waals surface area contributed by atoms with Crippen LogP contribution in [0.2, 0.25) is 0 Å². The Kier molecular flexibility index (Phi) is 12.2. The van der Waals surface area contributed by atoms with Crippen molar-refractivity contribution in [3.05, 3.63) is 69.6 Å². The Morgan fingerprint density at radius 2 is 1.69 bits per heavy atom. The van der Waals surface area contributed by atoms with Crippen molar-refractivity contribution in [1.29, 1.82) is 0 Å². The number of alkyl halides is 6. The number of amides is 2. The second kappa shape index (κ2) is 16.6. The van der Waals surface area contributed by atoms with Gasteiger partial charge in [-0.05, 0) is 66.9 Å². The van der Waals surface area contributed by atoms with Crippen molar-refractivity contribution in [2.45, 2.75) is 44.4 Å². The van der Waals surface area contributed by atoms with Crippen molar-refractivity contribution >= 4 is 17.6 Å². The molecule has 6 rings (SSSR count). The first-order valence-electron chi connectivity index (χ1n) is 15.9. The second-order valence-corrected chi connectivity index (χ2v) is 11.8. The second-order valence-electron chi connectivity index (χ2n) is 11.8. The fourth-order valence-corrected chi connectivity index (χ4v) is 5.27. The maximum Gasteiger partial charge on any atom is 0.387 e. The van der Waals surface area contributed by atoms with Gasteiger partial charge < -0.3 is 39.0 Å². The maximum absolute atomic E-state index is 13.6. The summed E-state index contributed by atoms with van der Waals surface area (Å²) in [7, 11) is 1.70. The number of hydrogen-bond donors (Lipinski definition) is 2. The van der Waals surface area contributed by atoms with Crippen molar-refractivity contribution in [2.75, 3.05) is 58.5 Å². The van der Waals surface area contributed by atoms with Crippen LogP contribution in [0.15, 0.2) is 47.4 Å². The molecule has 1 aromatic carbocycles. The summed E-state index contributed by atoms with van der Waals surface area (Å²) in [6.07, 6.45) is 0.308. The fraction of sp³-hybridized carbons (Fsp3) is 0.455. The van der Waals surface area contributed by atoms with Gasteiger partial charge in [-0.3, -0.25) is 14.4 Å². The Morgan fingerprint density at radius 3 is 2.25 bits per heavy atom. The van der Waals surface area contributed by atoms with Crippen molar-refractivity contribution in [3.63, 3.8) is 0 Å². The first kappa shape index (κ1) is 37.6. The number of pyridine rings is 2. The third kappa shape index (κ3) is 10.2. The molecular weight excluding hydrogens is 692 g/mol. The summed E-state index contributed by atoms with van der Waals surface area (Å²) in [5, 5.41) is 5.42. The van der Waals surface area contributed by atoms with Gasteiger partial charge in [0.15, 0.2) is 6.61 Å². The van der Waals surface area contributed by atoms with Gasteiger partial charge in [0.1, 0.15) is 17.1 Å². The zero-order valence-corrected chi connectivity index (χ0v) is 27.3. The number of aromatic nitrogens is 2. The predicted molar refractivity (Wildman–Crippen MR) is 170 cm³/mol. The molecule has 2 amide bonds. The number of carbonyl (C=O) groups is 2. The molecule has 4 heterocycles. The van der Waals surface area contributed by atoms with Crippen LogP contribution >= 0.6 is 0 Å². The summed E-state index contributed by atoms with van der Waals surface area (Å²) in [5.74, 6) is -6.04. The molecule has 276 valence electrons. The predicted octanol–water partition coefficient (Wildman–Crippen LogP) is 4.59. The van der Waals surface area contributed by atoms with Crippen molar-refractivity contribution in [3.8, 4) is 22.8 Å². The lowest BCUT2D eigenvalue weighted by molar-refractivity contribution is -0.113. The first-order valence-corrected chi connectivity index (χ1v) is 15.9. The van der Waals surface area contributed by atoms with Gasteiger partial charge in [0, 0.05) is 24.8 Å². The van der Waals surface area contributed by atoms with E-state index in [0.29, 0.717) is 12.1 Å². The van der Waals surface area contributed by atoms with Crippen LogP contribution in [0.1, 0.15) is 45.2 Å². The number of anilines is 1. The minimum atomic E-state index is -3.25. The SMILES string of the molecule is C1COCCO1.CNCc1cc(C(=O)Nc2cc(-c3ccc(OC(F)F)cc3C(=O)N3CC(F)(F)C3)cc(OCC(F)F)n2)c(=O)n(C2CC2)c1. The average Bonchev–Trinajstić information content (AvgIpc) is 3.93. The molecule has 2 N–H and O–H groups in total. The molecule has 1 saturated carbocycles. The minimum Gasteiger partial charge on any atom is -0.472 e. The van der Waals surface area contributed by atoms with Gasteiger partial charge in [-0.25, -0.2) is 17.6 Å². The third-order valence-corrected chi connectivity index (χ3v) is 7.70. The monoisotopic (exact) mass is 727 g/mol. The number of nitrogens with one attached hydrogen (secondary N) is 2. The van der Waals surface area contributed by atoms with E-state index >= 15 is 0 Å². The van der Waals surface area contributed by atoms with Crippen molar-refractivity contribution in [1.82, 2.24) is 19.8 Å². The van der Waals surface area contributed by atoms with Gasteiger partial charge in [0.25, 0.3) is 29.7 Å². The summed E-state index contributed by atoms with van der Waals surface area (Å²) in [4.78, 5) is 44.5. The normalized spacial score (nSPS) is 16.6. The van der Waals surface area contributed by atoms with Gasteiger partial charge >= 0.3 is 6.61 Å². The number of halogens is 6. The zero-order chi connectivity index (χ0) is 36.7. The Bertz CT molecular complexity index is 1750. The number of benzene rings is 1. The molecule has 3 aromatic rings. The van der Waals surface area contributed by atoms with Gasteiger partial charge in [0.05, 0.1) is 45.1 Å². The molecular formula is C33H35F6N5O7. The molecule has 12 nitrogen and oxygen atoms in total. The summed E-state index contributed by atoms with van der Waals surface area (Å²) >= 11 is 0.